The quantitative estimate of drug-likeness (QED) is 0.639. The predicted octanol–water partition coefficient (Wildman–Crippen LogP) is 4.32. The lowest BCUT2D eigenvalue weighted by Gasteiger charge is -2.30. The van der Waals surface area contributed by atoms with Gasteiger partial charge in [0.15, 0.2) is 11.5 Å². The molecule has 4 rings (SSSR count). The second-order valence-corrected chi connectivity index (χ2v) is 9.97. The number of anilines is 1. The standard InChI is InChI=1S/C23H25N3O4S/c1-16-5-7-18(8-6-16)22-14-21(25-30-22)23(27)24-19-9-11-20(12-10-19)31(28,29)26-13-3-4-17(2)15-26/h5-12,14,17H,3-4,13,15H2,1-2H3,(H,24,27)/t17-/m0/s1. The van der Waals surface area contributed by atoms with Crippen LogP contribution in [0.5, 0.6) is 0 Å². The van der Waals surface area contributed by atoms with Gasteiger partial charge in [0.1, 0.15) is 0 Å². The van der Waals surface area contributed by atoms with Gasteiger partial charge in [0.05, 0.1) is 4.90 Å². The van der Waals surface area contributed by atoms with Crippen molar-refractivity contribution in [2.24, 2.45) is 5.92 Å². The van der Waals surface area contributed by atoms with E-state index in [2.05, 4.69) is 17.4 Å². The van der Waals surface area contributed by atoms with Crippen molar-refractivity contribution in [3.63, 3.8) is 0 Å². The first kappa shape index (κ1) is 21.3. The Hall–Kier alpha value is -2.97. The van der Waals surface area contributed by atoms with Gasteiger partial charge in [0.2, 0.25) is 10.0 Å². The van der Waals surface area contributed by atoms with E-state index in [9.17, 15) is 13.2 Å². The molecular weight excluding hydrogens is 414 g/mol. The Morgan fingerprint density at radius 3 is 2.52 bits per heavy atom. The van der Waals surface area contributed by atoms with E-state index in [0.717, 1.165) is 24.0 Å². The molecule has 3 aromatic rings. The third kappa shape index (κ3) is 4.70. The number of amides is 1. The molecule has 1 aromatic heterocycles. The van der Waals surface area contributed by atoms with Gasteiger partial charge in [-0.2, -0.15) is 4.31 Å². The van der Waals surface area contributed by atoms with Crippen molar-refractivity contribution in [1.82, 2.24) is 9.46 Å². The van der Waals surface area contributed by atoms with Gasteiger partial charge in [0.25, 0.3) is 5.91 Å². The average Bonchev–Trinajstić information content (AvgIpc) is 3.25. The number of hydrogen-bond donors (Lipinski definition) is 1. The van der Waals surface area contributed by atoms with Crippen molar-refractivity contribution in [1.29, 1.82) is 0 Å². The third-order valence-corrected chi connectivity index (χ3v) is 7.33. The Kier molecular flexibility index (Phi) is 5.93. The summed E-state index contributed by atoms with van der Waals surface area (Å²) in [6.07, 6.45) is 1.92. The van der Waals surface area contributed by atoms with Gasteiger partial charge in [-0.1, -0.05) is 41.9 Å². The zero-order valence-corrected chi connectivity index (χ0v) is 18.4. The molecule has 1 saturated heterocycles. The first-order chi connectivity index (χ1) is 14.8. The van der Waals surface area contributed by atoms with E-state index in [1.165, 1.54) is 16.4 Å². The lowest BCUT2D eigenvalue weighted by molar-refractivity contribution is 0.101. The molecule has 2 aromatic carbocycles. The number of sulfonamides is 1. The zero-order valence-electron chi connectivity index (χ0n) is 17.5. The fraction of sp³-hybridized carbons (Fsp3) is 0.304. The predicted molar refractivity (Wildman–Crippen MR) is 118 cm³/mol. The first-order valence-corrected chi connectivity index (χ1v) is 11.7. The number of rotatable bonds is 5. The zero-order chi connectivity index (χ0) is 22.0. The molecule has 0 aliphatic carbocycles. The monoisotopic (exact) mass is 439 g/mol. The average molecular weight is 440 g/mol. The number of piperidine rings is 1. The van der Waals surface area contributed by atoms with Gasteiger partial charge in [-0.3, -0.25) is 4.79 Å². The number of carbonyl (C=O) groups excluding carboxylic acids is 1. The summed E-state index contributed by atoms with van der Waals surface area (Å²) in [5.74, 6) is 0.430. The lowest BCUT2D eigenvalue weighted by Crippen LogP contribution is -2.39. The highest BCUT2D eigenvalue weighted by atomic mass is 32.2. The maximum atomic E-state index is 12.9. The summed E-state index contributed by atoms with van der Waals surface area (Å²) in [5, 5.41) is 6.57. The molecule has 1 atom stereocenters. The topological polar surface area (TPSA) is 92.5 Å². The second kappa shape index (κ2) is 8.64. The molecule has 162 valence electrons. The molecule has 1 N–H and O–H groups in total. The molecule has 7 nitrogen and oxygen atoms in total. The van der Waals surface area contributed by atoms with Crippen LogP contribution in [0, 0.1) is 12.8 Å². The smallest absolute Gasteiger partial charge is 0.277 e. The van der Waals surface area contributed by atoms with Gasteiger partial charge >= 0.3 is 0 Å². The number of benzene rings is 2. The molecule has 0 radical (unpaired) electrons. The Morgan fingerprint density at radius 1 is 1.13 bits per heavy atom. The number of carbonyl (C=O) groups is 1. The van der Waals surface area contributed by atoms with Gasteiger partial charge < -0.3 is 9.84 Å². The minimum Gasteiger partial charge on any atom is -0.355 e. The van der Waals surface area contributed by atoms with Crippen LogP contribution in [0.15, 0.2) is 64.0 Å². The highest BCUT2D eigenvalue weighted by molar-refractivity contribution is 7.89. The Balaban J connectivity index is 1.44. The van der Waals surface area contributed by atoms with E-state index in [4.69, 9.17) is 4.52 Å². The van der Waals surface area contributed by atoms with Crippen LogP contribution in [0.4, 0.5) is 5.69 Å². The van der Waals surface area contributed by atoms with Crippen molar-refractivity contribution in [2.75, 3.05) is 18.4 Å². The van der Waals surface area contributed by atoms with Gasteiger partial charge in [0, 0.05) is 30.4 Å². The van der Waals surface area contributed by atoms with Crippen LogP contribution in [0.25, 0.3) is 11.3 Å². The number of nitrogens with one attached hydrogen (secondary N) is 1. The third-order valence-electron chi connectivity index (χ3n) is 5.45. The minimum atomic E-state index is -3.53. The van der Waals surface area contributed by atoms with Crippen molar-refractivity contribution >= 4 is 21.6 Å². The Bertz CT molecular complexity index is 1170. The minimum absolute atomic E-state index is 0.148. The Labute approximate surface area is 182 Å². The summed E-state index contributed by atoms with van der Waals surface area (Å²) in [6.45, 7) is 5.14. The number of aryl methyl sites for hydroxylation is 1. The molecule has 8 heteroatoms. The summed E-state index contributed by atoms with van der Waals surface area (Å²) in [7, 11) is -3.53. The van der Waals surface area contributed by atoms with Crippen LogP contribution in [-0.4, -0.2) is 36.9 Å². The second-order valence-electron chi connectivity index (χ2n) is 8.03. The summed E-state index contributed by atoms with van der Waals surface area (Å²) < 4.78 is 32.6. The molecular formula is C23H25N3O4S. The van der Waals surface area contributed by atoms with Crippen LogP contribution in [0.3, 0.4) is 0 Å². The molecule has 0 unspecified atom stereocenters. The van der Waals surface area contributed by atoms with Crippen molar-refractivity contribution < 1.29 is 17.7 Å². The van der Waals surface area contributed by atoms with Crippen LogP contribution >= 0.6 is 0 Å². The summed E-state index contributed by atoms with van der Waals surface area (Å²) in [6, 6.07) is 15.5. The summed E-state index contributed by atoms with van der Waals surface area (Å²) >= 11 is 0. The van der Waals surface area contributed by atoms with Crippen LogP contribution in [0.1, 0.15) is 35.8 Å². The van der Waals surface area contributed by atoms with E-state index in [1.807, 2.05) is 31.2 Å². The van der Waals surface area contributed by atoms with Crippen LogP contribution in [0.2, 0.25) is 0 Å². The maximum absolute atomic E-state index is 12.9. The van der Waals surface area contributed by atoms with Crippen LogP contribution < -0.4 is 5.32 Å². The fourth-order valence-electron chi connectivity index (χ4n) is 3.66. The lowest BCUT2D eigenvalue weighted by atomic mass is 10.0. The van der Waals surface area contributed by atoms with E-state index in [-0.39, 0.29) is 10.6 Å². The van der Waals surface area contributed by atoms with Crippen molar-refractivity contribution in [3.8, 4) is 11.3 Å². The summed E-state index contributed by atoms with van der Waals surface area (Å²) in [4.78, 5) is 12.7. The number of aromatic nitrogens is 1. The molecule has 1 fully saturated rings. The highest BCUT2D eigenvalue weighted by Crippen LogP contribution is 2.25. The van der Waals surface area contributed by atoms with E-state index in [1.54, 1.807) is 18.2 Å². The van der Waals surface area contributed by atoms with Gasteiger partial charge in [-0.05, 0) is 49.9 Å². The number of hydrogen-bond acceptors (Lipinski definition) is 5. The van der Waals surface area contributed by atoms with Crippen molar-refractivity contribution in [3.05, 3.63) is 65.9 Å². The van der Waals surface area contributed by atoms with E-state index in [0.29, 0.717) is 30.5 Å². The molecule has 2 heterocycles. The molecule has 31 heavy (non-hydrogen) atoms. The summed E-state index contributed by atoms with van der Waals surface area (Å²) in [5.41, 5.74) is 2.59. The molecule has 1 aliphatic rings. The Morgan fingerprint density at radius 2 is 1.84 bits per heavy atom. The SMILES string of the molecule is Cc1ccc(-c2cc(C(=O)Nc3ccc(S(=O)(=O)N4CCC[C@H](C)C4)cc3)no2)cc1. The van der Waals surface area contributed by atoms with Gasteiger partial charge in [-0.25, -0.2) is 8.42 Å². The van der Waals surface area contributed by atoms with Crippen molar-refractivity contribution in [2.45, 2.75) is 31.6 Å². The molecule has 0 spiro atoms. The van der Waals surface area contributed by atoms with E-state index < -0.39 is 15.9 Å². The molecule has 1 aliphatic heterocycles. The molecule has 1 amide bonds. The highest BCUT2D eigenvalue weighted by Gasteiger charge is 2.28. The van der Waals surface area contributed by atoms with Gasteiger partial charge in [-0.15, -0.1) is 0 Å². The largest absolute Gasteiger partial charge is 0.355 e. The number of nitrogens with zero attached hydrogens (tertiary/aromatic N) is 2. The normalized spacial score (nSPS) is 17.4. The molecule has 0 saturated carbocycles. The fourth-order valence-corrected chi connectivity index (χ4v) is 5.25. The molecule has 0 bridgehead atoms. The van der Waals surface area contributed by atoms with E-state index >= 15 is 0 Å². The first-order valence-electron chi connectivity index (χ1n) is 10.3. The maximum Gasteiger partial charge on any atom is 0.277 e. The van der Waals surface area contributed by atoms with Crippen LogP contribution in [-0.2, 0) is 10.0 Å².